The van der Waals surface area contributed by atoms with E-state index in [0.29, 0.717) is 6.54 Å². The normalized spacial score (nSPS) is 21.1. The molecule has 0 radical (unpaired) electrons. The van der Waals surface area contributed by atoms with Crippen molar-refractivity contribution in [3.63, 3.8) is 0 Å². The molecule has 4 nitrogen and oxygen atoms in total. The Labute approximate surface area is 111 Å². The number of rotatable bonds is 4. The summed E-state index contributed by atoms with van der Waals surface area (Å²) in [5.74, 6) is 0.246. The van der Waals surface area contributed by atoms with Crippen molar-refractivity contribution < 1.29 is 4.79 Å². The molecular weight excluding hydrogens is 226 g/mol. The minimum Gasteiger partial charge on any atom is -0.339 e. The number of carbonyl (C=O) groups excluding carboxylic acids is 1. The van der Waals surface area contributed by atoms with Crippen LogP contribution in [0.25, 0.3) is 0 Å². The Balaban J connectivity index is 2.85. The summed E-state index contributed by atoms with van der Waals surface area (Å²) in [5.41, 5.74) is 5.57. The van der Waals surface area contributed by atoms with Crippen molar-refractivity contribution in [1.82, 2.24) is 9.80 Å². The third kappa shape index (κ3) is 2.69. The van der Waals surface area contributed by atoms with E-state index in [1.807, 2.05) is 4.90 Å². The molecule has 0 aromatic rings. The van der Waals surface area contributed by atoms with Crippen LogP contribution in [0.3, 0.4) is 0 Å². The molecule has 0 bridgehead atoms. The minimum atomic E-state index is -0.355. The number of nitrogens with zero attached hydrogens (tertiary/aromatic N) is 2. The van der Waals surface area contributed by atoms with E-state index >= 15 is 0 Å². The van der Waals surface area contributed by atoms with Gasteiger partial charge in [-0.2, -0.15) is 0 Å². The molecule has 0 aromatic heterocycles. The quantitative estimate of drug-likeness (QED) is 0.824. The predicted octanol–water partition coefficient (Wildman–Crippen LogP) is 1.30. The monoisotopic (exact) mass is 255 g/mol. The van der Waals surface area contributed by atoms with Gasteiger partial charge in [0, 0.05) is 31.7 Å². The van der Waals surface area contributed by atoms with Crippen molar-refractivity contribution in [3.8, 4) is 0 Å². The summed E-state index contributed by atoms with van der Waals surface area (Å²) in [6.07, 6.45) is 1.65. The van der Waals surface area contributed by atoms with Crippen LogP contribution in [-0.4, -0.2) is 54.5 Å². The molecule has 0 spiro atoms. The third-order valence-corrected chi connectivity index (χ3v) is 4.80. The molecule has 1 fully saturated rings. The van der Waals surface area contributed by atoms with Crippen LogP contribution in [0, 0.1) is 5.41 Å². The molecule has 1 amide bonds. The molecule has 1 aliphatic rings. The maximum Gasteiger partial charge on any atom is 0.230 e. The Morgan fingerprint density at radius 1 is 1.28 bits per heavy atom. The van der Waals surface area contributed by atoms with E-state index in [9.17, 15) is 4.79 Å². The van der Waals surface area contributed by atoms with E-state index in [1.54, 1.807) is 0 Å². The van der Waals surface area contributed by atoms with Gasteiger partial charge in [0.15, 0.2) is 0 Å². The molecule has 18 heavy (non-hydrogen) atoms. The smallest absolute Gasteiger partial charge is 0.230 e. The summed E-state index contributed by atoms with van der Waals surface area (Å²) in [6, 6.07) is 0. The molecule has 0 atom stereocenters. The molecule has 0 aromatic carbocycles. The van der Waals surface area contributed by atoms with Gasteiger partial charge >= 0.3 is 0 Å². The van der Waals surface area contributed by atoms with Gasteiger partial charge in [-0.05, 0) is 33.7 Å². The van der Waals surface area contributed by atoms with E-state index in [4.69, 9.17) is 5.73 Å². The molecule has 2 N–H and O–H groups in total. The SMILES string of the molecule is CCC(CC)(CN)C(=O)N1CCN(C)C(C)(C)C1. The summed E-state index contributed by atoms with van der Waals surface area (Å²) in [6.45, 7) is 11.5. The van der Waals surface area contributed by atoms with Gasteiger partial charge < -0.3 is 10.6 Å². The average molecular weight is 255 g/mol. The van der Waals surface area contributed by atoms with Crippen molar-refractivity contribution in [2.75, 3.05) is 33.2 Å². The van der Waals surface area contributed by atoms with Crippen LogP contribution >= 0.6 is 0 Å². The lowest BCUT2D eigenvalue weighted by molar-refractivity contribution is -0.146. The Bertz CT molecular complexity index is 289. The zero-order chi connectivity index (χ0) is 14.0. The number of hydrogen-bond donors (Lipinski definition) is 1. The van der Waals surface area contributed by atoms with Crippen LogP contribution in [0.1, 0.15) is 40.5 Å². The summed E-state index contributed by atoms with van der Waals surface area (Å²) in [4.78, 5) is 17.1. The number of piperazine rings is 1. The fraction of sp³-hybridized carbons (Fsp3) is 0.929. The first kappa shape index (κ1) is 15.4. The topological polar surface area (TPSA) is 49.6 Å². The lowest BCUT2D eigenvalue weighted by Gasteiger charge is -2.47. The van der Waals surface area contributed by atoms with Gasteiger partial charge in [0.05, 0.1) is 5.41 Å². The van der Waals surface area contributed by atoms with Crippen molar-refractivity contribution in [3.05, 3.63) is 0 Å². The molecule has 0 saturated carbocycles. The second-order valence-corrected chi connectivity index (χ2v) is 6.15. The molecule has 106 valence electrons. The van der Waals surface area contributed by atoms with Crippen LogP contribution in [0.2, 0.25) is 0 Å². The van der Waals surface area contributed by atoms with Crippen LogP contribution in [0.5, 0.6) is 0 Å². The van der Waals surface area contributed by atoms with E-state index in [2.05, 4.69) is 39.6 Å². The zero-order valence-electron chi connectivity index (χ0n) is 12.6. The zero-order valence-corrected chi connectivity index (χ0v) is 12.6. The van der Waals surface area contributed by atoms with Crippen molar-refractivity contribution in [2.45, 2.75) is 46.1 Å². The van der Waals surface area contributed by atoms with Gasteiger partial charge in [-0.3, -0.25) is 9.69 Å². The summed E-state index contributed by atoms with van der Waals surface area (Å²) in [5, 5.41) is 0. The average Bonchev–Trinajstić information content (AvgIpc) is 2.35. The van der Waals surface area contributed by atoms with Gasteiger partial charge in [-0.15, -0.1) is 0 Å². The summed E-state index contributed by atoms with van der Waals surface area (Å²) >= 11 is 0. The highest BCUT2D eigenvalue weighted by Crippen LogP contribution is 2.30. The van der Waals surface area contributed by atoms with E-state index in [-0.39, 0.29) is 16.9 Å². The Morgan fingerprint density at radius 3 is 2.22 bits per heavy atom. The number of hydrogen-bond acceptors (Lipinski definition) is 3. The van der Waals surface area contributed by atoms with Crippen LogP contribution < -0.4 is 5.73 Å². The fourth-order valence-electron chi connectivity index (χ4n) is 2.68. The molecule has 1 heterocycles. The Kier molecular flexibility index (Phi) is 4.78. The molecule has 0 aliphatic carbocycles. The Hall–Kier alpha value is -0.610. The van der Waals surface area contributed by atoms with Crippen molar-refractivity contribution in [2.24, 2.45) is 11.1 Å². The fourth-order valence-corrected chi connectivity index (χ4v) is 2.68. The summed E-state index contributed by atoms with van der Waals surface area (Å²) < 4.78 is 0. The predicted molar refractivity (Wildman–Crippen MR) is 75.4 cm³/mol. The lowest BCUT2D eigenvalue weighted by Crippen LogP contribution is -2.61. The van der Waals surface area contributed by atoms with E-state index in [1.165, 1.54) is 0 Å². The number of amides is 1. The maximum absolute atomic E-state index is 12.7. The third-order valence-electron chi connectivity index (χ3n) is 4.80. The number of likely N-dealkylation sites (N-methyl/N-ethyl adjacent to an activating group) is 1. The highest BCUT2D eigenvalue weighted by molar-refractivity contribution is 5.83. The van der Waals surface area contributed by atoms with Gasteiger partial charge in [-0.25, -0.2) is 0 Å². The minimum absolute atomic E-state index is 0.0513. The van der Waals surface area contributed by atoms with Gasteiger partial charge in [0.25, 0.3) is 0 Å². The first-order valence-electron chi connectivity index (χ1n) is 7.03. The molecule has 1 rings (SSSR count). The van der Waals surface area contributed by atoms with Crippen LogP contribution in [0.15, 0.2) is 0 Å². The standard InChI is InChI=1S/C14H29N3O/c1-6-14(7-2,10-15)12(18)17-9-8-16(5)13(3,4)11-17/h6-11,15H2,1-5H3. The summed E-state index contributed by atoms with van der Waals surface area (Å²) in [7, 11) is 2.12. The number of carbonyl (C=O) groups is 1. The van der Waals surface area contributed by atoms with Crippen LogP contribution in [-0.2, 0) is 4.79 Å². The lowest BCUT2D eigenvalue weighted by atomic mass is 9.80. The second kappa shape index (κ2) is 5.57. The van der Waals surface area contributed by atoms with Crippen molar-refractivity contribution in [1.29, 1.82) is 0 Å². The first-order chi connectivity index (χ1) is 8.33. The van der Waals surface area contributed by atoms with Gasteiger partial charge in [-0.1, -0.05) is 13.8 Å². The maximum atomic E-state index is 12.7. The first-order valence-corrected chi connectivity index (χ1v) is 7.03. The second-order valence-electron chi connectivity index (χ2n) is 6.15. The largest absolute Gasteiger partial charge is 0.339 e. The Morgan fingerprint density at radius 2 is 1.83 bits per heavy atom. The van der Waals surface area contributed by atoms with Crippen molar-refractivity contribution >= 4 is 5.91 Å². The number of nitrogens with two attached hydrogens (primary N) is 1. The van der Waals surface area contributed by atoms with Crippen LogP contribution in [0.4, 0.5) is 0 Å². The highest BCUT2D eigenvalue weighted by Gasteiger charge is 2.41. The van der Waals surface area contributed by atoms with E-state index < -0.39 is 0 Å². The van der Waals surface area contributed by atoms with Gasteiger partial charge in [0.2, 0.25) is 5.91 Å². The molecule has 1 aliphatic heterocycles. The molecule has 4 heteroatoms. The van der Waals surface area contributed by atoms with E-state index in [0.717, 1.165) is 32.5 Å². The van der Waals surface area contributed by atoms with Gasteiger partial charge in [0.1, 0.15) is 0 Å². The molecule has 1 saturated heterocycles. The molecular formula is C14H29N3O. The highest BCUT2D eigenvalue weighted by atomic mass is 16.2. The molecule has 0 unspecified atom stereocenters.